The van der Waals surface area contributed by atoms with Gasteiger partial charge in [0.05, 0.1) is 6.33 Å². The topological polar surface area (TPSA) is 75.6 Å². The van der Waals surface area contributed by atoms with Crippen LogP contribution in [-0.2, 0) is 0 Å². The molecule has 6 heteroatoms. The fourth-order valence-electron chi connectivity index (χ4n) is 2.38. The Kier molecular flexibility index (Phi) is 3.00. The van der Waals surface area contributed by atoms with Gasteiger partial charge in [0.1, 0.15) is 0 Å². The van der Waals surface area contributed by atoms with E-state index in [-0.39, 0.29) is 5.91 Å². The van der Waals surface area contributed by atoms with Crippen LogP contribution in [0.2, 0.25) is 0 Å². The number of nitrogens with one attached hydrogen (secondary N) is 2. The molecule has 1 amide bonds. The van der Waals surface area contributed by atoms with Crippen LogP contribution in [0.1, 0.15) is 34.9 Å². The summed E-state index contributed by atoms with van der Waals surface area (Å²) in [4.78, 5) is 16.2. The van der Waals surface area contributed by atoms with Crippen LogP contribution in [0.25, 0.3) is 5.69 Å². The molecule has 2 N–H and O–H groups in total. The second-order valence-corrected chi connectivity index (χ2v) is 5.45. The van der Waals surface area contributed by atoms with Gasteiger partial charge in [-0.2, -0.15) is 5.10 Å². The first-order valence-electron chi connectivity index (χ1n) is 7.24. The molecule has 1 aliphatic carbocycles. The van der Waals surface area contributed by atoms with Gasteiger partial charge >= 0.3 is 0 Å². The standard InChI is InChI=1S/C16H15N5O/c22-16(15-9-14(19-20-15)11-1-2-11)18-12-3-5-13(6-4-12)21-8-7-17-10-21/h3-11H,1-2H2,(H,18,22)(H,19,20). The zero-order chi connectivity index (χ0) is 14.9. The van der Waals surface area contributed by atoms with Crippen LogP contribution in [-0.4, -0.2) is 25.7 Å². The summed E-state index contributed by atoms with van der Waals surface area (Å²) in [6.07, 6.45) is 7.69. The highest BCUT2D eigenvalue weighted by Crippen LogP contribution is 2.39. The smallest absolute Gasteiger partial charge is 0.276 e. The van der Waals surface area contributed by atoms with Crippen molar-refractivity contribution >= 4 is 11.6 Å². The van der Waals surface area contributed by atoms with Crippen LogP contribution in [0.15, 0.2) is 49.1 Å². The Morgan fingerprint density at radius 3 is 2.77 bits per heavy atom. The Labute approximate surface area is 127 Å². The molecule has 0 bridgehead atoms. The number of imidazole rings is 1. The number of aromatic nitrogens is 4. The number of aromatic amines is 1. The van der Waals surface area contributed by atoms with Gasteiger partial charge in [-0.15, -0.1) is 0 Å². The Balaban J connectivity index is 1.46. The zero-order valence-corrected chi connectivity index (χ0v) is 11.9. The van der Waals surface area contributed by atoms with Crippen LogP contribution >= 0.6 is 0 Å². The summed E-state index contributed by atoms with van der Waals surface area (Å²) in [5.41, 5.74) is 3.22. The number of benzene rings is 1. The zero-order valence-electron chi connectivity index (χ0n) is 11.9. The van der Waals surface area contributed by atoms with Gasteiger partial charge in [-0.1, -0.05) is 0 Å². The first-order valence-corrected chi connectivity index (χ1v) is 7.24. The number of H-pyrrole nitrogens is 1. The van der Waals surface area contributed by atoms with Crippen molar-refractivity contribution in [3.8, 4) is 5.69 Å². The minimum absolute atomic E-state index is 0.196. The Bertz CT molecular complexity index is 784. The lowest BCUT2D eigenvalue weighted by Crippen LogP contribution is -2.12. The molecule has 0 atom stereocenters. The molecule has 1 fully saturated rings. The number of hydrogen-bond donors (Lipinski definition) is 2. The number of nitrogens with zero attached hydrogens (tertiary/aromatic N) is 3. The van der Waals surface area contributed by atoms with Crippen molar-refractivity contribution in [1.82, 2.24) is 19.7 Å². The molecule has 1 aromatic carbocycles. The van der Waals surface area contributed by atoms with Gasteiger partial charge in [-0.25, -0.2) is 4.98 Å². The number of hydrogen-bond acceptors (Lipinski definition) is 3. The Hall–Kier alpha value is -2.89. The number of rotatable bonds is 4. The van der Waals surface area contributed by atoms with Gasteiger partial charge in [0, 0.05) is 35.4 Å². The monoisotopic (exact) mass is 293 g/mol. The highest BCUT2D eigenvalue weighted by atomic mass is 16.1. The Morgan fingerprint density at radius 2 is 2.09 bits per heavy atom. The van der Waals surface area contributed by atoms with Gasteiger partial charge in [-0.05, 0) is 43.2 Å². The molecule has 6 nitrogen and oxygen atoms in total. The number of carbonyl (C=O) groups is 1. The largest absolute Gasteiger partial charge is 0.321 e. The fraction of sp³-hybridized carbons (Fsp3) is 0.188. The summed E-state index contributed by atoms with van der Waals surface area (Å²) in [5, 5.41) is 9.88. The van der Waals surface area contributed by atoms with E-state index in [1.165, 1.54) is 12.8 Å². The maximum atomic E-state index is 12.2. The fourth-order valence-corrected chi connectivity index (χ4v) is 2.38. The summed E-state index contributed by atoms with van der Waals surface area (Å²) in [7, 11) is 0. The van der Waals surface area contributed by atoms with Gasteiger partial charge in [0.25, 0.3) is 5.91 Å². The van der Waals surface area contributed by atoms with Crippen molar-refractivity contribution in [2.24, 2.45) is 0 Å². The van der Waals surface area contributed by atoms with E-state index >= 15 is 0 Å². The molecule has 0 radical (unpaired) electrons. The van der Waals surface area contributed by atoms with E-state index in [1.54, 1.807) is 12.5 Å². The van der Waals surface area contributed by atoms with Gasteiger partial charge in [0.2, 0.25) is 0 Å². The molecule has 2 aromatic heterocycles. The summed E-state index contributed by atoms with van der Waals surface area (Å²) in [6.45, 7) is 0. The first kappa shape index (κ1) is 12.8. The molecule has 0 aliphatic heterocycles. The average Bonchev–Trinajstić information content (AvgIpc) is 3.05. The van der Waals surface area contributed by atoms with Crippen molar-refractivity contribution in [2.75, 3.05) is 5.32 Å². The van der Waals surface area contributed by atoms with Crippen LogP contribution in [0.3, 0.4) is 0 Å². The summed E-state index contributed by atoms with van der Waals surface area (Å²) in [5.74, 6) is 0.363. The lowest BCUT2D eigenvalue weighted by atomic mass is 10.2. The quantitative estimate of drug-likeness (QED) is 0.776. The molecule has 2 heterocycles. The second kappa shape index (κ2) is 5.14. The summed E-state index contributed by atoms with van der Waals surface area (Å²) >= 11 is 0. The van der Waals surface area contributed by atoms with Gasteiger partial charge in [0.15, 0.2) is 5.69 Å². The molecule has 0 saturated heterocycles. The van der Waals surface area contributed by atoms with Crippen LogP contribution in [0, 0.1) is 0 Å². The predicted octanol–water partition coefficient (Wildman–Crippen LogP) is 2.73. The SMILES string of the molecule is O=C(Nc1ccc(-n2ccnc2)cc1)c1cc(C2CC2)[nH]n1. The molecule has 0 spiro atoms. The average molecular weight is 293 g/mol. The van der Waals surface area contributed by atoms with Gasteiger partial charge < -0.3 is 9.88 Å². The minimum atomic E-state index is -0.196. The highest BCUT2D eigenvalue weighted by Gasteiger charge is 2.26. The molecule has 22 heavy (non-hydrogen) atoms. The third-order valence-corrected chi connectivity index (χ3v) is 3.78. The number of amides is 1. The predicted molar refractivity (Wildman–Crippen MR) is 82.1 cm³/mol. The molecule has 1 saturated carbocycles. The van der Waals surface area contributed by atoms with Crippen LogP contribution < -0.4 is 5.32 Å². The lowest BCUT2D eigenvalue weighted by Gasteiger charge is -2.05. The second-order valence-electron chi connectivity index (χ2n) is 5.45. The lowest BCUT2D eigenvalue weighted by molar-refractivity contribution is 0.102. The number of anilines is 1. The normalized spacial score (nSPS) is 14.0. The minimum Gasteiger partial charge on any atom is -0.321 e. The van der Waals surface area contributed by atoms with E-state index in [0.29, 0.717) is 11.6 Å². The molecule has 4 rings (SSSR count). The van der Waals surface area contributed by atoms with Crippen molar-refractivity contribution in [1.29, 1.82) is 0 Å². The van der Waals surface area contributed by atoms with Crippen molar-refractivity contribution < 1.29 is 4.79 Å². The van der Waals surface area contributed by atoms with Crippen molar-refractivity contribution in [2.45, 2.75) is 18.8 Å². The molecule has 0 unspecified atom stereocenters. The molecule has 110 valence electrons. The number of carbonyl (C=O) groups excluding carboxylic acids is 1. The Morgan fingerprint density at radius 1 is 1.27 bits per heavy atom. The maximum Gasteiger partial charge on any atom is 0.276 e. The summed E-state index contributed by atoms with van der Waals surface area (Å²) in [6, 6.07) is 9.42. The first-order chi connectivity index (χ1) is 10.8. The summed E-state index contributed by atoms with van der Waals surface area (Å²) < 4.78 is 1.90. The molecular weight excluding hydrogens is 278 g/mol. The molecular formula is C16H15N5O. The highest BCUT2D eigenvalue weighted by molar-refractivity contribution is 6.02. The van der Waals surface area contributed by atoms with Crippen molar-refractivity contribution in [3.63, 3.8) is 0 Å². The van der Waals surface area contributed by atoms with E-state index in [0.717, 1.165) is 17.1 Å². The van der Waals surface area contributed by atoms with E-state index in [1.807, 2.05) is 41.1 Å². The van der Waals surface area contributed by atoms with Crippen LogP contribution in [0.5, 0.6) is 0 Å². The van der Waals surface area contributed by atoms with E-state index < -0.39 is 0 Å². The van der Waals surface area contributed by atoms with E-state index in [4.69, 9.17) is 0 Å². The van der Waals surface area contributed by atoms with E-state index in [2.05, 4.69) is 20.5 Å². The molecule has 3 aromatic rings. The van der Waals surface area contributed by atoms with E-state index in [9.17, 15) is 4.79 Å². The van der Waals surface area contributed by atoms with Crippen molar-refractivity contribution in [3.05, 3.63) is 60.4 Å². The maximum absolute atomic E-state index is 12.2. The van der Waals surface area contributed by atoms with Crippen LogP contribution in [0.4, 0.5) is 5.69 Å². The third-order valence-electron chi connectivity index (χ3n) is 3.78. The molecule has 1 aliphatic rings. The van der Waals surface area contributed by atoms with Gasteiger partial charge in [-0.3, -0.25) is 9.89 Å². The third kappa shape index (κ3) is 2.50.